The van der Waals surface area contributed by atoms with E-state index in [1.54, 1.807) is 6.07 Å². The Morgan fingerprint density at radius 1 is 1.29 bits per heavy atom. The molecule has 132 valence electrons. The number of aliphatic hydroxyl groups is 1. The predicted octanol–water partition coefficient (Wildman–Crippen LogP) is 1.99. The average molecular weight is 334 g/mol. The minimum atomic E-state index is -0.256. The van der Waals surface area contributed by atoms with Crippen molar-refractivity contribution in [3.63, 3.8) is 0 Å². The number of hydrogen-bond donors (Lipinski definition) is 3. The number of anilines is 1. The van der Waals surface area contributed by atoms with Gasteiger partial charge in [0.05, 0.1) is 18.3 Å². The molecule has 1 aromatic rings. The van der Waals surface area contributed by atoms with E-state index < -0.39 is 0 Å². The van der Waals surface area contributed by atoms with Crippen LogP contribution in [0.4, 0.5) is 10.1 Å². The lowest BCUT2D eigenvalue weighted by atomic mass is 9.85. The quantitative estimate of drug-likeness (QED) is 0.569. The summed E-state index contributed by atoms with van der Waals surface area (Å²) in [7, 11) is 0. The first-order chi connectivity index (χ1) is 11.6. The number of piperidine rings is 1. The standard InChI is InChI=1S/C18H27FN4O/c19-16-10-14(12-22-18(20)21-11-13-2-1-3-13)4-5-17(16)23-8-6-15(24)7-9-23/h4-5,10,13,15,24H,1-3,6-9,11-12H2,(H3,20,21,22). The third kappa shape index (κ3) is 4.38. The summed E-state index contributed by atoms with van der Waals surface area (Å²) in [5.41, 5.74) is 7.27. The van der Waals surface area contributed by atoms with Crippen LogP contribution in [0.2, 0.25) is 0 Å². The molecule has 6 heteroatoms. The number of hydrogen-bond acceptors (Lipinski definition) is 3. The molecule has 24 heavy (non-hydrogen) atoms. The number of halogens is 1. The van der Waals surface area contributed by atoms with Gasteiger partial charge in [-0.1, -0.05) is 12.5 Å². The lowest BCUT2D eigenvalue weighted by molar-refractivity contribution is 0.145. The van der Waals surface area contributed by atoms with E-state index in [2.05, 4.69) is 10.3 Å². The summed E-state index contributed by atoms with van der Waals surface area (Å²) in [5, 5.41) is 12.7. The monoisotopic (exact) mass is 334 g/mol. The molecular formula is C18H27FN4O. The van der Waals surface area contributed by atoms with Crippen molar-refractivity contribution in [2.45, 2.75) is 44.8 Å². The van der Waals surface area contributed by atoms with E-state index in [0.29, 0.717) is 44.1 Å². The van der Waals surface area contributed by atoms with Gasteiger partial charge in [-0.25, -0.2) is 9.38 Å². The molecule has 2 fully saturated rings. The largest absolute Gasteiger partial charge is 0.393 e. The molecule has 1 aromatic carbocycles. The van der Waals surface area contributed by atoms with Crippen molar-refractivity contribution in [2.24, 2.45) is 16.6 Å². The molecule has 0 unspecified atom stereocenters. The highest BCUT2D eigenvalue weighted by atomic mass is 19.1. The van der Waals surface area contributed by atoms with Gasteiger partial charge in [-0.2, -0.15) is 0 Å². The van der Waals surface area contributed by atoms with E-state index in [1.165, 1.54) is 25.3 Å². The summed E-state index contributed by atoms with van der Waals surface area (Å²) in [5.74, 6) is 0.912. The summed E-state index contributed by atoms with van der Waals surface area (Å²) in [6, 6.07) is 5.23. The number of rotatable bonds is 5. The van der Waals surface area contributed by atoms with Crippen LogP contribution >= 0.6 is 0 Å². The fourth-order valence-electron chi connectivity index (χ4n) is 3.19. The van der Waals surface area contributed by atoms with Crippen molar-refractivity contribution >= 4 is 11.6 Å². The van der Waals surface area contributed by atoms with Crippen LogP contribution in [0.5, 0.6) is 0 Å². The van der Waals surface area contributed by atoms with Crippen LogP contribution in [0.25, 0.3) is 0 Å². The first-order valence-electron chi connectivity index (χ1n) is 8.87. The van der Waals surface area contributed by atoms with Gasteiger partial charge >= 0.3 is 0 Å². The molecule has 0 spiro atoms. The molecule has 0 bridgehead atoms. The lowest BCUT2D eigenvalue weighted by Gasteiger charge is -2.31. The predicted molar refractivity (Wildman–Crippen MR) is 94.5 cm³/mol. The number of aliphatic imine (C=N–C) groups is 1. The minimum Gasteiger partial charge on any atom is -0.393 e. The second-order valence-electron chi connectivity index (χ2n) is 6.88. The highest BCUT2D eigenvalue weighted by molar-refractivity contribution is 5.77. The summed E-state index contributed by atoms with van der Waals surface area (Å²) < 4.78 is 14.4. The minimum absolute atomic E-state index is 0.236. The Kier molecular flexibility index (Phi) is 5.56. The van der Waals surface area contributed by atoms with Gasteiger partial charge < -0.3 is 21.1 Å². The fourth-order valence-corrected chi connectivity index (χ4v) is 3.19. The first-order valence-corrected chi connectivity index (χ1v) is 8.87. The zero-order chi connectivity index (χ0) is 16.9. The Labute approximate surface area is 142 Å². The Bertz CT molecular complexity index is 580. The number of benzene rings is 1. The van der Waals surface area contributed by atoms with Gasteiger partial charge in [0, 0.05) is 19.6 Å². The van der Waals surface area contributed by atoms with Gasteiger partial charge in [0.2, 0.25) is 0 Å². The molecule has 0 radical (unpaired) electrons. The Morgan fingerprint density at radius 3 is 2.67 bits per heavy atom. The molecule has 1 saturated carbocycles. The van der Waals surface area contributed by atoms with E-state index in [1.807, 2.05) is 11.0 Å². The SMILES string of the molecule is NC(=NCc1ccc(N2CCC(O)CC2)c(F)c1)NCC1CCC1. The van der Waals surface area contributed by atoms with Gasteiger partial charge in [0.1, 0.15) is 5.82 Å². The molecule has 4 N–H and O–H groups in total. The molecule has 0 amide bonds. The Hall–Kier alpha value is -1.82. The van der Waals surface area contributed by atoms with Crippen molar-refractivity contribution in [3.05, 3.63) is 29.6 Å². The van der Waals surface area contributed by atoms with Gasteiger partial charge in [-0.3, -0.25) is 0 Å². The van der Waals surface area contributed by atoms with E-state index >= 15 is 0 Å². The zero-order valence-corrected chi connectivity index (χ0v) is 14.0. The topological polar surface area (TPSA) is 73.9 Å². The number of nitrogens with zero attached hydrogens (tertiary/aromatic N) is 2. The van der Waals surface area contributed by atoms with Crippen LogP contribution in [0.15, 0.2) is 23.2 Å². The molecular weight excluding hydrogens is 307 g/mol. The van der Waals surface area contributed by atoms with Crippen molar-refractivity contribution in [1.82, 2.24) is 5.32 Å². The summed E-state index contributed by atoms with van der Waals surface area (Å²) in [6.07, 6.45) is 4.96. The maximum atomic E-state index is 14.4. The smallest absolute Gasteiger partial charge is 0.188 e. The van der Waals surface area contributed by atoms with Gasteiger partial charge in [0.25, 0.3) is 0 Å². The van der Waals surface area contributed by atoms with E-state index in [-0.39, 0.29) is 11.9 Å². The molecule has 0 aromatic heterocycles. The summed E-state index contributed by atoms with van der Waals surface area (Å²) >= 11 is 0. The Morgan fingerprint density at radius 2 is 2.04 bits per heavy atom. The van der Waals surface area contributed by atoms with E-state index in [9.17, 15) is 9.50 Å². The highest BCUT2D eigenvalue weighted by Crippen LogP contribution is 2.25. The number of aliphatic hydroxyl groups excluding tert-OH is 1. The van der Waals surface area contributed by atoms with Crippen LogP contribution < -0.4 is 16.0 Å². The van der Waals surface area contributed by atoms with Crippen molar-refractivity contribution in [3.8, 4) is 0 Å². The van der Waals surface area contributed by atoms with Crippen molar-refractivity contribution in [1.29, 1.82) is 0 Å². The van der Waals surface area contributed by atoms with E-state index in [4.69, 9.17) is 5.73 Å². The van der Waals surface area contributed by atoms with Gasteiger partial charge in [-0.15, -0.1) is 0 Å². The molecule has 5 nitrogen and oxygen atoms in total. The van der Waals surface area contributed by atoms with Crippen molar-refractivity contribution in [2.75, 3.05) is 24.5 Å². The van der Waals surface area contributed by atoms with Crippen LogP contribution in [0, 0.1) is 11.7 Å². The third-order valence-corrected chi connectivity index (χ3v) is 5.05. The normalized spacial score (nSPS) is 20.1. The van der Waals surface area contributed by atoms with Crippen LogP contribution in [0.3, 0.4) is 0 Å². The molecule has 1 aliphatic heterocycles. The first kappa shape index (κ1) is 17.0. The zero-order valence-electron chi connectivity index (χ0n) is 14.0. The number of guanidine groups is 1. The molecule has 1 saturated heterocycles. The lowest BCUT2D eigenvalue weighted by Crippen LogP contribution is -2.37. The van der Waals surface area contributed by atoms with Crippen LogP contribution in [-0.4, -0.2) is 36.8 Å². The number of nitrogens with one attached hydrogen (secondary N) is 1. The molecule has 1 heterocycles. The molecule has 1 aliphatic carbocycles. The van der Waals surface area contributed by atoms with Crippen LogP contribution in [-0.2, 0) is 6.54 Å². The summed E-state index contributed by atoms with van der Waals surface area (Å²) in [4.78, 5) is 6.28. The maximum absolute atomic E-state index is 14.4. The van der Waals surface area contributed by atoms with Gasteiger partial charge in [-0.05, 0) is 49.3 Å². The number of nitrogens with two attached hydrogens (primary N) is 1. The van der Waals surface area contributed by atoms with Crippen molar-refractivity contribution < 1.29 is 9.50 Å². The second-order valence-corrected chi connectivity index (χ2v) is 6.88. The molecule has 0 atom stereocenters. The highest BCUT2D eigenvalue weighted by Gasteiger charge is 2.20. The molecule has 2 aliphatic rings. The Balaban J connectivity index is 1.53. The second kappa shape index (κ2) is 7.83. The van der Waals surface area contributed by atoms with E-state index in [0.717, 1.165) is 18.0 Å². The van der Waals surface area contributed by atoms with Gasteiger partial charge in [0.15, 0.2) is 5.96 Å². The maximum Gasteiger partial charge on any atom is 0.188 e. The average Bonchev–Trinajstić information content (AvgIpc) is 2.53. The molecule has 3 rings (SSSR count). The van der Waals surface area contributed by atoms with Crippen LogP contribution in [0.1, 0.15) is 37.7 Å². The summed E-state index contributed by atoms with van der Waals surface area (Å²) in [6.45, 7) is 2.63. The fraction of sp³-hybridized carbons (Fsp3) is 0.611. The third-order valence-electron chi connectivity index (χ3n) is 5.05.